The van der Waals surface area contributed by atoms with Crippen molar-refractivity contribution in [1.82, 2.24) is 9.88 Å². The number of hydrogen-bond acceptors (Lipinski definition) is 5. The van der Waals surface area contributed by atoms with Gasteiger partial charge < -0.3 is 19.4 Å². The molecule has 0 aliphatic carbocycles. The van der Waals surface area contributed by atoms with Gasteiger partial charge in [0.1, 0.15) is 18.2 Å². The average Bonchev–Trinajstić information content (AvgIpc) is 3.22. The monoisotopic (exact) mass is 496 g/mol. The number of nitrogens with zero attached hydrogens (tertiary/aromatic N) is 1. The third-order valence-electron chi connectivity index (χ3n) is 5.88. The highest BCUT2D eigenvalue weighted by Gasteiger charge is 2.17. The number of rotatable bonds is 7. The molecule has 0 saturated heterocycles. The van der Waals surface area contributed by atoms with Crippen LogP contribution in [-0.4, -0.2) is 29.5 Å². The topological polar surface area (TPSA) is 105 Å². The predicted octanol–water partition coefficient (Wildman–Crippen LogP) is 5.61. The third kappa shape index (κ3) is 6.05. The molecule has 0 unspecified atom stereocenters. The second-order valence-corrected chi connectivity index (χ2v) is 8.41. The Morgan fingerprint density at radius 3 is 2.24 bits per heavy atom. The highest BCUT2D eigenvalue weighted by molar-refractivity contribution is 6.07. The molecule has 8 heteroatoms. The zero-order valence-electron chi connectivity index (χ0n) is 20.9. The number of hydrogen-bond donors (Lipinski definition) is 3. The quantitative estimate of drug-likeness (QED) is 0.229. The first-order chi connectivity index (χ1) is 17.9. The molecule has 37 heavy (non-hydrogen) atoms. The summed E-state index contributed by atoms with van der Waals surface area (Å²) in [4.78, 5) is 25.1. The summed E-state index contributed by atoms with van der Waals surface area (Å²) in [6.07, 6.45) is -0.710. The Morgan fingerprint density at radius 2 is 1.59 bits per heavy atom. The number of ether oxygens (including phenoxy) is 2. The van der Waals surface area contributed by atoms with E-state index in [0.717, 1.165) is 28.4 Å². The van der Waals surface area contributed by atoms with Crippen molar-refractivity contribution >= 4 is 23.5 Å². The summed E-state index contributed by atoms with van der Waals surface area (Å²) in [5.74, 6) is 0.428. The molecule has 1 aromatic heterocycles. The first-order valence-corrected chi connectivity index (χ1v) is 11.7. The molecule has 4 aromatic rings. The van der Waals surface area contributed by atoms with Gasteiger partial charge in [-0.25, -0.2) is 4.79 Å². The van der Waals surface area contributed by atoms with E-state index in [1.54, 1.807) is 31.4 Å². The molecule has 0 aliphatic heterocycles. The normalized spacial score (nSPS) is 10.5. The summed E-state index contributed by atoms with van der Waals surface area (Å²) in [7, 11) is 1.62. The molecule has 0 aliphatic rings. The van der Waals surface area contributed by atoms with Gasteiger partial charge in [0.2, 0.25) is 0 Å². The second-order valence-electron chi connectivity index (χ2n) is 8.41. The third-order valence-corrected chi connectivity index (χ3v) is 5.88. The van der Waals surface area contributed by atoms with Crippen molar-refractivity contribution in [2.24, 2.45) is 0 Å². The number of carbonyl (C=O) groups excluding carboxylic acids is 2. The van der Waals surface area contributed by atoms with Gasteiger partial charge in [0.05, 0.1) is 12.7 Å². The van der Waals surface area contributed by atoms with Crippen molar-refractivity contribution < 1.29 is 19.1 Å². The second kappa shape index (κ2) is 11.3. The van der Waals surface area contributed by atoms with E-state index < -0.39 is 6.09 Å². The van der Waals surface area contributed by atoms with Gasteiger partial charge in [-0.2, -0.15) is 0 Å². The number of aryl methyl sites for hydroxylation is 1. The van der Waals surface area contributed by atoms with E-state index in [4.69, 9.17) is 14.9 Å². The standard InChI is InChI=1S/C29H28N4O4/c1-19-17-26(20(2)33(19)24-13-15-25(36-3)16-14-24)28(34)31-23-11-9-22(10-12-23)27(30)32-29(35)37-18-21-7-5-4-6-8-21/h4-17H,18H2,1-3H3,(H,31,34)(H2,30,32,35). The number of aromatic nitrogens is 1. The number of nitrogens with one attached hydrogen (secondary N) is 3. The molecule has 0 saturated carbocycles. The zero-order valence-corrected chi connectivity index (χ0v) is 20.9. The fourth-order valence-corrected chi connectivity index (χ4v) is 3.97. The van der Waals surface area contributed by atoms with Gasteiger partial charge in [0.15, 0.2) is 0 Å². The van der Waals surface area contributed by atoms with Gasteiger partial charge in [0, 0.05) is 28.3 Å². The molecule has 0 radical (unpaired) electrons. The molecule has 1 heterocycles. The first kappa shape index (κ1) is 25.2. The van der Waals surface area contributed by atoms with Crippen molar-refractivity contribution in [3.05, 3.63) is 113 Å². The molecule has 0 fully saturated rings. The highest BCUT2D eigenvalue weighted by Crippen LogP contribution is 2.24. The van der Waals surface area contributed by atoms with E-state index in [9.17, 15) is 9.59 Å². The lowest BCUT2D eigenvalue weighted by Crippen LogP contribution is -2.31. The zero-order chi connectivity index (χ0) is 26.4. The lowest BCUT2D eigenvalue weighted by Gasteiger charge is -2.11. The minimum absolute atomic E-state index is 0.0982. The molecule has 3 N–H and O–H groups in total. The van der Waals surface area contributed by atoms with Crippen LogP contribution in [0.25, 0.3) is 5.69 Å². The smallest absolute Gasteiger partial charge is 0.413 e. The maximum Gasteiger partial charge on any atom is 0.413 e. The highest BCUT2D eigenvalue weighted by atomic mass is 16.5. The van der Waals surface area contributed by atoms with Crippen LogP contribution in [0.3, 0.4) is 0 Å². The SMILES string of the molecule is COc1ccc(-n2c(C)cc(C(=O)Nc3ccc(C(=N)NC(=O)OCc4ccccc4)cc3)c2C)cc1. The minimum atomic E-state index is -0.710. The summed E-state index contributed by atoms with van der Waals surface area (Å²) >= 11 is 0. The predicted molar refractivity (Wildman–Crippen MR) is 143 cm³/mol. The average molecular weight is 497 g/mol. The van der Waals surface area contributed by atoms with Gasteiger partial charge in [-0.3, -0.25) is 15.5 Å². The van der Waals surface area contributed by atoms with Crippen LogP contribution in [0.5, 0.6) is 5.75 Å². The maximum absolute atomic E-state index is 13.0. The lowest BCUT2D eigenvalue weighted by molar-refractivity contribution is 0.102. The summed E-state index contributed by atoms with van der Waals surface area (Å²) < 4.78 is 12.4. The number of carbonyl (C=O) groups is 2. The molecule has 4 rings (SSSR count). The fourth-order valence-electron chi connectivity index (χ4n) is 3.97. The Balaban J connectivity index is 1.37. The number of benzene rings is 3. The fraction of sp³-hybridized carbons (Fsp3) is 0.138. The Bertz CT molecular complexity index is 1410. The summed E-state index contributed by atoms with van der Waals surface area (Å²) in [5, 5.41) is 13.5. The Labute approximate surface area is 215 Å². The molecule has 2 amide bonds. The van der Waals surface area contributed by atoms with Crippen LogP contribution >= 0.6 is 0 Å². The Kier molecular flexibility index (Phi) is 7.68. The summed E-state index contributed by atoms with van der Waals surface area (Å²) in [6, 6.07) is 25.5. The number of anilines is 1. The Morgan fingerprint density at radius 1 is 0.919 bits per heavy atom. The van der Waals surface area contributed by atoms with Crippen LogP contribution in [0.4, 0.5) is 10.5 Å². The molecule has 188 valence electrons. The number of alkyl carbamates (subject to hydrolysis) is 1. The molecule has 0 atom stereocenters. The van der Waals surface area contributed by atoms with Crippen LogP contribution in [0, 0.1) is 19.3 Å². The van der Waals surface area contributed by atoms with Gasteiger partial charge in [-0.15, -0.1) is 0 Å². The number of amides is 2. The van der Waals surface area contributed by atoms with E-state index in [-0.39, 0.29) is 18.3 Å². The van der Waals surface area contributed by atoms with Crippen molar-refractivity contribution in [1.29, 1.82) is 5.41 Å². The lowest BCUT2D eigenvalue weighted by atomic mass is 10.1. The first-order valence-electron chi connectivity index (χ1n) is 11.7. The van der Waals surface area contributed by atoms with Crippen LogP contribution in [0.2, 0.25) is 0 Å². The minimum Gasteiger partial charge on any atom is -0.497 e. The largest absolute Gasteiger partial charge is 0.497 e. The van der Waals surface area contributed by atoms with E-state index >= 15 is 0 Å². The van der Waals surface area contributed by atoms with Crippen molar-refractivity contribution in [2.45, 2.75) is 20.5 Å². The molecule has 0 spiro atoms. The van der Waals surface area contributed by atoms with Crippen molar-refractivity contribution in [3.63, 3.8) is 0 Å². The number of amidine groups is 1. The maximum atomic E-state index is 13.0. The van der Waals surface area contributed by atoms with Crippen LogP contribution < -0.4 is 15.4 Å². The molecule has 8 nitrogen and oxygen atoms in total. The molecular weight excluding hydrogens is 468 g/mol. The Hall–Kier alpha value is -4.85. The van der Waals surface area contributed by atoms with Gasteiger partial charge >= 0.3 is 6.09 Å². The molecule has 3 aromatic carbocycles. The summed E-state index contributed by atoms with van der Waals surface area (Å²) in [5.41, 5.74) is 5.16. The van der Waals surface area contributed by atoms with Crippen LogP contribution in [0.15, 0.2) is 84.9 Å². The van der Waals surface area contributed by atoms with Crippen molar-refractivity contribution in [3.8, 4) is 11.4 Å². The van der Waals surface area contributed by atoms with Crippen LogP contribution in [0.1, 0.15) is 32.9 Å². The van der Waals surface area contributed by atoms with E-state index in [2.05, 4.69) is 10.6 Å². The van der Waals surface area contributed by atoms with Gasteiger partial charge in [0.25, 0.3) is 5.91 Å². The molecule has 0 bridgehead atoms. The van der Waals surface area contributed by atoms with E-state index in [1.807, 2.05) is 79.1 Å². The molecular formula is C29H28N4O4. The summed E-state index contributed by atoms with van der Waals surface area (Å²) in [6.45, 7) is 3.97. The van der Waals surface area contributed by atoms with E-state index in [1.165, 1.54) is 0 Å². The van der Waals surface area contributed by atoms with Crippen LogP contribution in [-0.2, 0) is 11.3 Å². The van der Waals surface area contributed by atoms with Gasteiger partial charge in [-0.05, 0) is 74.0 Å². The number of methoxy groups -OCH3 is 1. The van der Waals surface area contributed by atoms with Gasteiger partial charge in [-0.1, -0.05) is 30.3 Å². The van der Waals surface area contributed by atoms with Crippen molar-refractivity contribution in [2.75, 3.05) is 12.4 Å². The van der Waals surface area contributed by atoms with E-state index in [0.29, 0.717) is 16.8 Å².